The van der Waals surface area contributed by atoms with Gasteiger partial charge in [-0.05, 0) is 6.42 Å². The van der Waals surface area contributed by atoms with Crippen LogP contribution in [0.25, 0.3) is 0 Å². The minimum atomic E-state index is 0.0989. The minimum absolute atomic E-state index is 0.0989. The Bertz CT molecular complexity index is 186. The summed E-state index contributed by atoms with van der Waals surface area (Å²) >= 11 is 0. The zero-order valence-electron chi connectivity index (χ0n) is 7.79. The third-order valence-corrected chi connectivity index (χ3v) is 2.62. The molecule has 0 aromatic heterocycles. The molecule has 2 aliphatic heterocycles. The van der Waals surface area contributed by atoms with Crippen molar-refractivity contribution < 1.29 is 9.53 Å². The van der Waals surface area contributed by atoms with Crippen molar-refractivity contribution in [3.05, 3.63) is 0 Å². The van der Waals surface area contributed by atoms with Crippen molar-refractivity contribution in [2.75, 3.05) is 32.8 Å². The number of hydrogen-bond donors (Lipinski definition) is 1. The molecule has 0 radical (unpaired) electrons. The van der Waals surface area contributed by atoms with Crippen LogP contribution >= 0.6 is 0 Å². The van der Waals surface area contributed by atoms with E-state index in [9.17, 15) is 4.79 Å². The van der Waals surface area contributed by atoms with Gasteiger partial charge in [0, 0.05) is 26.2 Å². The molecule has 2 rings (SSSR count). The van der Waals surface area contributed by atoms with Crippen molar-refractivity contribution in [1.82, 2.24) is 10.2 Å². The van der Waals surface area contributed by atoms with Crippen LogP contribution in [0.1, 0.15) is 12.8 Å². The fourth-order valence-corrected chi connectivity index (χ4v) is 1.64. The van der Waals surface area contributed by atoms with Crippen LogP contribution < -0.4 is 5.32 Å². The second kappa shape index (κ2) is 4.07. The molecule has 2 heterocycles. The van der Waals surface area contributed by atoms with Gasteiger partial charge in [0.05, 0.1) is 19.1 Å². The zero-order chi connectivity index (χ0) is 9.10. The van der Waals surface area contributed by atoms with E-state index in [1.807, 2.05) is 4.90 Å². The van der Waals surface area contributed by atoms with E-state index in [1.54, 1.807) is 0 Å². The quantitative estimate of drug-likeness (QED) is 0.634. The predicted molar refractivity (Wildman–Crippen MR) is 48.4 cm³/mol. The first-order valence-electron chi connectivity index (χ1n) is 4.96. The largest absolute Gasteiger partial charge is 0.375 e. The first-order valence-corrected chi connectivity index (χ1v) is 4.96. The molecule has 1 amide bonds. The molecule has 0 spiro atoms. The fourth-order valence-electron chi connectivity index (χ4n) is 1.64. The van der Waals surface area contributed by atoms with Gasteiger partial charge in [-0.1, -0.05) is 0 Å². The first-order chi connectivity index (χ1) is 6.36. The monoisotopic (exact) mass is 184 g/mol. The SMILES string of the molecule is O=C(CC1CNCCO1)N1CCC1. The van der Waals surface area contributed by atoms with Crippen LogP contribution in [0.3, 0.4) is 0 Å². The van der Waals surface area contributed by atoms with Crippen molar-refractivity contribution >= 4 is 5.91 Å². The van der Waals surface area contributed by atoms with Crippen molar-refractivity contribution in [3.8, 4) is 0 Å². The number of hydrogen-bond acceptors (Lipinski definition) is 3. The highest BCUT2D eigenvalue weighted by Gasteiger charge is 2.24. The summed E-state index contributed by atoms with van der Waals surface area (Å²) in [5, 5.41) is 3.22. The lowest BCUT2D eigenvalue weighted by Crippen LogP contribution is -2.46. The molecule has 1 unspecified atom stereocenters. The van der Waals surface area contributed by atoms with E-state index < -0.39 is 0 Å². The molecule has 4 nitrogen and oxygen atoms in total. The minimum Gasteiger partial charge on any atom is -0.375 e. The number of amides is 1. The molecule has 0 bridgehead atoms. The number of likely N-dealkylation sites (tertiary alicyclic amines) is 1. The van der Waals surface area contributed by atoms with E-state index in [0.29, 0.717) is 6.42 Å². The molecular weight excluding hydrogens is 168 g/mol. The Morgan fingerprint density at radius 3 is 2.92 bits per heavy atom. The van der Waals surface area contributed by atoms with Crippen LogP contribution in [-0.4, -0.2) is 49.7 Å². The highest BCUT2D eigenvalue weighted by molar-refractivity contribution is 5.77. The molecule has 4 heteroatoms. The van der Waals surface area contributed by atoms with E-state index in [-0.39, 0.29) is 12.0 Å². The van der Waals surface area contributed by atoms with Crippen LogP contribution in [-0.2, 0) is 9.53 Å². The van der Waals surface area contributed by atoms with E-state index in [2.05, 4.69) is 5.32 Å². The third kappa shape index (κ3) is 2.19. The maximum atomic E-state index is 11.5. The summed E-state index contributed by atoms with van der Waals surface area (Å²) in [4.78, 5) is 13.4. The summed E-state index contributed by atoms with van der Waals surface area (Å²) in [6.45, 7) is 4.35. The molecule has 2 aliphatic rings. The van der Waals surface area contributed by atoms with Gasteiger partial charge in [-0.2, -0.15) is 0 Å². The zero-order valence-corrected chi connectivity index (χ0v) is 7.79. The Morgan fingerprint density at radius 1 is 1.54 bits per heavy atom. The number of rotatable bonds is 2. The van der Waals surface area contributed by atoms with Gasteiger partial charge in [0.1, 0.15) is 0 Å². The maximum absolute atomic E-state index is 11.5. The topological polar surface area (TPSA) is 41.6 Å². The maximum Gasteiger partial charge on any atom is 0.225 e. The molecule has 2 fully saturated rings. The Morgan fingerprint density at radius 2 is 2.38 bits per heavy atom. The van der Waals surface area contributed by atoms with Crippen LogP contribution in [0.5, 0.6) is 0 Å². The summed E-state index contributed by atoms with van der Waals surface area (Å²) < 4.78 is 5.46. The summed E-state index contributed by atoms with van der Waals surface area (Å²) in [5.41, 5.74) is 0. The van der Waals surface area contributed by atoms with Gasteiger partial charge in [0.25, 0.3) is 0 Å². The number of nitrogens with one attached hydrogen (secondary N) is 1. The normalized spacial score (nSPS) is 28.3. The molecule has 0 aliphatic carbocycles. The molecule has 2 saturated heterocycles. The van der Waals surface area contributed by atoms with Crippen LogP contribution in [0.2, 0.25) is 0 Å². The molecule has 0 aromatic carbocycles. The van der Waals surface area contributed by atoms with Crippen molar-refractivity contribution in [2.45, 2.75) is 18.9 Å². The van der Waals surface area contributed by atoms with Crippen molar-refractivity contribution in [1.29, 1.82) is 0 Å². The smallest absolute Gasteiger partial charge is 0.225 e. The van der Waals surface area contributed by atoms with Gasteiger partial charge < -0.3 is 15.0 Å². The van der Waals surface area contributed by atoms with Crippen LogP contribution in [0.4, 0.5) is 0 Å². The standard InChI is InChI=1S/C9H16N2O2/c12-9(11-3-1-4-11)6-8-7-10-2-5-13-8/h8,10H,1-7H2. The van der Waals surface area contributed by atoms with E-state index in [1.165, 1.54) is 0 Å². The molecule has 0 aromatic rings. The van der Waals surface area contributed by atoms with Crippen molar-refractivity contribution in [2.24, 2.45) is 0 Å². The molecule has 0 saturated carbocycles. The fraction of sp³-hybridized carbons (Fsp3) is 0.889. The number of ether oxygens (including phenoxy) is 1. The second-order valence-corrected chi connectivity index (χ2v) is 3.64. The van der Waals surface area contributed by atoms with Gasteiger partial charge in [-0.25, -0.2) is 0 Å². The molecule has 1 N–H and O–H groups in total. The Hall–Kier alpha value is -0.610. The highest BCUT2D eigenvalue weighted by Crippen LogP contribution is 2.11. The molecule has 1 atom stereocenters. The van der Waals surface area contributed by atoms with Crippen molar-refractivity contribution in [3.63, 3.8) is 0 Å². The molecule has 13 heavy (non-hydrogen) atoms. The number of nitrogens with zero attached hydrogens (tertiary/aromatic N) is 1. The van der Waals surface area contributed by atoms with E-state index in [4.69, 9.17) is 4.74 Å². The van der Waals surface area contributed by atoms with Gasteiger partial charge in [-0.15, -0.1) is 0 Å². The van der Waals surface area contributed by atoms with Crippen LogP contribution in [0, 0.1) is 0 Å². The molecule has 74 valence electrons. The van der Waals surface area contributed by atoms with Gasteiger partial charge in [0.15, 0.2) is 0 Å². The second-order valence-electron chi connectivity index (χ2n) is 3.64. The molecular formula is C9H16N2O2. The number of carbonyl (C=O) groups excluding carboxylic acids is 1. The average Bonchev–Trinajstić information content (AvgIpc) is 2.02. The summed E-state index contributed by atoms with van der Waals surface area (Å²) in [6, 6.07) is 0. The van der Waals surface area contributed by atoms with Crippen LogP contribution in [0.15, 0.2) is 0 Å². The van der Waals surface area contributed by atoms with Gasteiger partial charge >= 0.3 is 0 Å². The Labute approximate surface area is 78.2 Å². The van der Waals surface area contributed by atoms with E-state index >= 15 is 0 Å². The third-order valence-electron chi connectivity index (χ3n) is 2.62. The van der Waals surface area contributed by atoms with Gasteiger partial charge in [-0.3, -0.25) is 4.79 Å². The average molecular weight is 184 g/mol. The number of morpholine rings is 1. The summed E-state index contributed by atoms with van der Waals surface area (Å²) in [6.07, 6.45) is 1.81. The predicted octanol–water partition coefficient (Wildman–Crippen LogP) is -0.403. The first kappa shape index (κ1) is 8.97. The lowest BCUT2D eigenvalue weighted by atomic mass is 10.1. The van der Waals surface area contributed by atoms with E-state index in [0.717, 1.165) is 39.2 Å². The Kier molecular flexibility index (Phi) is 2.80. The summed E-state index contributed by atoms with van der Waals surface area (Å²) in [7, 11) is 0. The number of carbonyl (C=O) groups is 1. The lowest BCUT2D eigenvalue weighted by Gasteiger charge is -2.33. The lowest BCUT2D eigenvalue weighted by molar-refractivity contribution is -0.138. The highest BCUT2D eigenvalue weighted by atomic mass is 16.5. The Balaban J connectivity index is 1.72. The summed E-state index contributed by atoms with van der Waals surface area (Å²) in [5.74, 6) is 0.250. The van der Waals surface area contributed by atoms with Gasteiger partial charge in [0.2, 0.25) is 5.91 Å².